The highest BCUT2D eigenvalue weighted by Gasteiger charge is 2.25. The van der Waals surface area contributed by atoms with E-state index in [0.29, 0.717) is 12.8 Å². The van der Waals surface area contributed by atoms with E-state index in [9.17, 15) is 19.5 Å². The summed E-state index contributed by atoms with van der Waals surface area (Å²) in [5, 5.41) is 11.7. The van der Waals surface area contributed by atoms with Crippen molar-refractivity contribution in [3.05, 3.63) is 24.3 Å². The Bertz CT molecular complexity index is 1050. The van der Waals surface area contributed by atoms with Gasteiger partial charge in [0.25, 0.3) is 0 Å². The van der Waals surface area contributed by atoms with Crippen LogP contribution in [0.15, 0.2) is 24.3 Å². The summed E-state index contributed by atoms with van der Waals surface area (Å²) in [5.41, 5.74) is 0. The van der Waals surface area contributed by atoms with Gasteiger partial charge >= 0.3 is 11.9 Å². The Balaban J connectivity index is 4.22. The highest BCUT2D eigenvalue weighted by Crippen LogP contribution is 2.16. The molecule has 61 heavy (non-hydrogen) atoms. The van der Waals surface area contributed by atoms with Gasteiger partial charge in [0, 0.05) is 19.3 Å². The number of rotatable bonds is 47. The molecule has 0 radical (unpaired) electrons. The SMILES string of the molecule is CCCCCCC/C=C\C/C=C\CCCCCCCCCCCC(=O)OC(COCCC(C(=O)[O-])[N+](C)(C)C)COC(=O)CCCCCCCCCCCCCCCCCC. The number of aliphatic carboxylic acids is 1. The maximum absolute atomic E-state index is 12.8. The van der Waals surface area contributed by atoms with Crippen molar-refractivity contribution < 1.29 is 38.2 Å². The van der Waals surface area contributed by atoms with Crippen molar-refractivity contribution in [2.45, 2.75) is 257 Å². The normalized spacial score (nSPS) is 13.0. The van der Waals surface area contributed by atoms with E-state index in [-0.39, 0.29) is 42.7 Å². The second-order valence-corrected chi connectivity index (χ2v) is 18.8. The van der Waals surface area contributed by atoms with Gasteiger partial charge in [-0.15, -0.1) is 0 Å². The largest absolute Gasteiger partial charge is 0.544 e. The van der Waals surface area contributed by atoms with Gasteiger partial charge in [0.1, 0.15) is 12.6 Å². The van der Waals surface area contributed by atoms with Crippen LogP contribution in [0.25, 0.3) is 0 Å². The van der Waals surface area contributed by atoms with Gasteiger partial charge in [0.2, 0.25) is 0 Å². The van der Waals surface area contributed by atoms with Gasteiger partial charge in [-0.2, -0.15) is 0 Å². The minimum absolute atomic E-state index is 0.0436. The van der Waals surface area contributed by atoms with Crippen LogP contribution in [0.4, 0.5) is 0 Å². The van der Waals surface area contributed by atoms with Gasteiger partial charge < -0.3 is 28.6 Å². The number of quaternary nitrogens is 1. The quantitative estimate of drug-likeness (QED) is 0.0260. The Morgan fingerprint density at radius 2 is 0.869 bits per heavy atom. The van der Waals surface area contributed by atoms with Crippen LogP contribution in [0.3, 0.4) is 0 Å². The van der Waals surface area contributed by atoms with E-state index < -0.39 is 18.1 Å². The number of unbranched alkanes of at least 4 members (excludes halogenated alkanes) is 29. The molecule has 0 aromatic heterocycles. The highest BCUT2D eigenvalue weighted by atomic mass is 16.6. The summed E-state index contributed by atoms with van der Waals surface area (Å²) in [6.45, 7) is 4.69. The molecule has 0 fully saturated rings. The first-order valence-electron chi connectivity index (χ1n) is 25.9. The van der Waals surface area contributed by atoms with E-state index >= 15 is 0 Å². The number of hydrogen-bond donors (Lipinski definition) is 0. The maximum atomic E-state index is 12.8. The number of carboxylic acids is 1. The second-order valence-electron chi connectivity index (χ2n) is 18.8. The number of nitrogens with zero attached hydrogens (tertiary/aromatic N) is 1. The summed E-state index contributed by atoms with van der Waals surface area (Å²) < 4.78 is 17.3. The number of carbonyl (C=O) groups excluding carboxylic acids is 3. The minimum atomic E-state index is -1.12. The van der Waals surface area contributed by atoms with E-state index in [0.717, 1.165) is 44.9 Å². The molecule has 0 aliphatic heterocycles. The third-order valence-corrected chi connectivity index (χ3v) is 11.8. The zero-order valence-corrected chi connectivity index (χ0v) is 40.8. The number of ether oxygens (including phenoxy) is 3. The first-order chi connectivity index (χ1) is 29.6. The Hall–Kier alpha value is -2.19. The van der Waals surface area contributed by atoms with E-state index in [2.05, 4.69) is 38.2 Å². The number of carboxylic acid groups (broad SMARTS) is 1. The van der Waals surface area contributed by atoms with Crippen LogP contribution in [0.2, 0.25) is 0 Å². The van der Waals surface area contributed by atoms with Gasteiger partial charge in [-0.3, -0.25) is 9.59 Å². The molecule has 0 amide bonds. The number of allylic oxidation sites excluding steroid dienone is 4. The molecule has 8 heteroatoms. The van der Waals surface area contributed by atoms with Crippen molar-refractivity contribution in [3.8, 4) is 0 Å². The molecule has 0 aromatic carbocycles. The molecule has 0 saturated heterocycles. The average molecular weight is 862 g/mol. The van der Waals surface area contributed by atoms with Crippen molar-refractivity contribution in [3.63, 3.8) is 0 Å². The van der Waals surface area contributed by atoms with Gasteiger partial charge in [-0.1, -0.05) is 205 Å². The maximum Gasteiger partial charge on any atom is 0.306 e. The topological polar surface area (TPSA) is 102 Å². The molecule has 8 nitrogen and oxygen atoms in total. The lowest BCUT2D eigenvalue weighted by atomic mass is 10.0. The fraction of sp³-hybridized carbons (Fsp3) is 0.868. The van der Waals surface area contributed by atoms with Crippen LogP contribution >= 0.6 is 0 Å². The number of likely N-dealkylation sites (N-methyl/N-ethyl adjacent to an activating group) is 1. The predicted molar refractivity (Wildman–Crippen MR) is 254 cm³/mol. The molecule has 0 saturated carbocycles. The number of hydrogen-bond acceptors (Lipinski definition) is 7. The molecular formula is C53H99NO7. The Morgan fingerprint density at radius 3 is 1.26 bits per heavy atom. The van der Waals surface area contributed by atoms with Crippen molar-refractivity contribution in [1.29, 1.82) is 0 Å². The number of carbonyl (C=O) groups is 3. The first-order valence-corrected chi connectivity index (χ1v) is 25.9. The van der Waals surface area contributed by atoms with E-state index in [1.807, 2.05) is 21.1 Å². The van der Waals surface area contributed by atoms with Gasteiger partial charge in [0.05, 0.1) is 40.3 Å². The van der Waals surface area contributed by atoms with Crippen molar-refractivity contribution in [2.24, 2.45) is 0 Å². The van der Waals surface area contributed by atoms with Crippen LogP contribution in [0.1, 0.15) is 245 Å². The van der Waals surface area contributed by atoms with Gasteiger partial charge in [0.15, 0.2) is 6.10 Å². The summed E-state index contributed by atoms with van der Waals surface area (Å²) in [7, 11) is 5.42. The standard InChI is InChI=1S/C53H99NO7/c1-6-8-10-12-14-16-18-20-22-24-25-26-27-28-30-32-34-36-38-40-42-44-52(56)61-49(47-59-46-45-50(53(57)58)54(3,4)5)48-60-51(55)43-41-39-37-35-33-31-29-23-21-19-17-15-13-11-9-7-2/h18,20,24-25,49-50H,6-17,19,21-23,26-48H2,1-5H3/b20-18-,25-24-. The molecule has 0 bridgehead atoms. The Labute approximate surface area is 377 Å². The Morgan fingerprint density at radius 1 is 0.492 bits per heavy atom. The van der Waals surface area contributed by atoms with Crippen LogP contribution in [-0.4, -0.2) is 75.5 Å². The lowest BCUT2D eigenvalue weighted by Crippen LogP contribution is -2.55. The fourth-order valence-electron chi connectivity index (χ4n) is 7.81. The third kappa shape index (κ3) is 42.9. The van der Waals surface area contributed by atoms with Crippen molar-refractivity contribution in [1.82, 2.24) is 0 Å². The van der Waals surface area contributed by atoms with Gasteiger partial charge in [-0.25, -0.2) is 0 Å². The molecule has 0 rings (SSSR count). The van der Waals surface area contributed by atoms with Crippen molar-refractivity contribution in [2.75, 3.05) is 41.0 Å². The molecule has 0 aromatic rings. The number of esters is 2. The summed E-state index contributed by atoms with van der Waals surface area (Å²) in [6.07, 6.45) is 50.6. The molecule has 0 aliphatic rings. The van der Waals surface area contributed by atoms with Crippen LogP contribution in [0, 0.1) is 0 Å². The fourth-order valence-corrected chi connectivity index (χ4v) is 7.81. The first kappa shape index (κ1) is 58.8. The van der Waals surface area contributed by atoms with E-state index in [1.54, 1.807) is 0 Å². The zero-order valence-electron chi connectivity index (χ0n) is 40.8. The van der Waals surface area contributed by atoms with Crippen LogP contribution in [-0.2, 0) is 28.6 Å². The molecule has 358 valence electrons. The van der Waals surface area contributed by atoms with Crippen molar-refractivity contribution >= 4 is 17.9 Å². The minimum Gasteiger partial charge on any atom is -0.544 e. The molecule has 2 atom stereocenters. The lowest BCUT2D eigenvalue weighted by Gasteiger charge is -2.34. The molecular weight excluding hydrogens is 763 g/mol. The summed E-state index contributed by atoms with van der Waals surface area (Å²) in [6, 6.07) is -0.724. The van der Waals surface area contributed by atoms with Crippen LogP contribution < -0.4 is 5.11 Å². The summed E-state index contributed by atoms with van der Waals surface area (Å²) in [5.74, 6) is -1.72. The summed E-state index contributed by atoms with van der Waals surface area (Å²) >= 11 is 0. The van der Waals surface area contributed by atoms with Gasteiger partial charge in [-0.05, 0) is 44.9 Å². The summed E-state index contributed by atoms with van der Waals surface area (Å²) in [4.78, 5) is 37.0. The van der Waals surface area contributed by atoms with E-state index in [4.69, 9.17) is 14.2 Å². The van der Waals surface area contributed by atoms with E-state index in [1.165, 1.54) is 167 Å². The smallest absolute Gasteiger partial charge is 0.306 e. The monoisotopic (exact) mass is 862 g/mol. The second kappa shape index (κ2) is 44.4. The molecule has 0 heterocycles. The highest BCUT2D eigenvalue weighted by molar-refractivity contribution is 5.70. The molecule has 0 spiro atoms. The lowest BCUT2D eigenvalue weighted by molar-refractivity contribution is -0.889. The zero-order chi connectivity index (χ0) is 44.9. The average Bonchev–Trinajstić information content (AvgIpc) is 3.22. The van der Waals surface area contributed by atoms with Crippen LogP contribution in [0.5, 0.6) is 0 Å². The third-order valence-electron chi connectivity index (χ3n) is 11.8. The predicted octanol–water partition coefficient (Wildman–Crippen LogP) is 13.5. The Kier molecular flexibility index (Phi) is 42.8. The molecule has 2 unspecified atom stereocenters. The molecule has 0 N–H and O–H groups in total. The molecule has 0 aliphatic carbocycles.